The van der Waals surface area contributed by atoms with E-state index in [-0.39, 0.29) is 25.1 Å². The third-order valence-corrected chi connectivity index (χ3v) is 3.52. The zero-order valence-electron chi connectivity index (χ0n) is 13.9. The van der Waals surface area contributed by atoms with Crippen molar-refractivity contribution in [2.24, 2.45) is 0 Å². The second kappa shape index (κ2) is 7.63. The summed E-state index contributed by atoms with van der Waals surface area (Å²) in [5.74, 6) is -0.675. The van der Waals surface area contributed by atoms with E-state index >= 15 is 0 Å². The lowest BCUT2D eigenvalue weighted by atomic mass is 10.1. The Morgan fingerprint density at radius 3 is 2.50 bits per heavy atom. The molecule has 1 atom stereocenters. The van der Waals surface area contributed by atoms with Gasteiger partial charge in [-0.05, 0) is 44.5 Å². The Balaban J connectivity index is 1.91. The van der Waals surface area contributed by atoms with Crippen LogP contribution in [0.25, 0.3) is 0 Å². The van der Waals surface area contributed by atoms with Gasteiger partial charge in [0.15, 0.2) is 6.61 Å². The number of aryl methyl sites for hydroxylation is 2. The number of carbonyl (C=O) groups is 2. The molecule has 0 bridgehead atoms. The Bertz CT molecular complexity index is 722. The minimum absolute atomic E-state index is 0.125. The first-order chi connectivity index (χ1) is 11.3. The van der Waals surface area contributed by atoms with E-state index < -0.39 is 5.97 Å². The van der Waals surface area contributed by atoms with Crippen molar-refractivity contribution in [3.8, 4) is 5.75 Å². The van der Waals surface area contributed by atoms with Crippen LogP contribution in [0.2, 0.25) is 0 Å². The molecule has 0 saturated heterocycles. The maximum Gasteiger partial charge on any atom is 0.341 e. The highest BCUT2D eigenvalue weighted by atomic mass is 16.5. The fourth-order valence-electron chi connectivity index (χ4n) is 2.34. The average molecular weight is 331 g/mol. The van der Waals surface area contributed by atoms with E-state index in [0.29, 0.717) is 5.75 Å². The fraction of sp³-hybridized carbons (Fsp3) is 0.353. The van der Waals surface area contributed by atoms with Crippen LogP contribution in [-0.4, -0.2) is 33.4 Å². The van der Waals surface area contributed by atoms with Crippen LogP contribution >= 0.6 is 0 Å². The number of benzene rings is 1. The number of nitrogens with zero attached hydrogens (tertiary/aromatic N) is 2. The van der Waals surface area contributed by atoms with Crippen LogP contribution in [0.4, 0.5) is 0 Å². The summed E-state index contributed by atoms with van der Waals surface area (Å²) in [5.41, 5.74) is 2.72. The number of carboxylic acids is 1. The average Bonchev–Trinajstić information content (AvgIpc) is 2.83. The first-order valence-electron chi connectivity index (χ1n) is 7.60. The molecule has 1 amide bonds. The molecule has 1 heterocycles. The van der Waals surface area contributed by atoms with Gasteiger partial charge in [0.1, 0.15) is 12.3 Å². The number of hydrogen-bond acceptors (Lipinski definition) is 4. The van der Waals surface area contributed by atoms with Crippen molar-refractivity contribution in [2.75, 3.05) is 6.61 Å². The Hall–Kier alpha value is -2.83. The summed E-state index contributed by atoms with van der Waals surface area (Å²) in [7, 11) is 0. The number of carbonyl (C=O) groups excluding carboxylic acids is 1. The third-order valence-electron chi connectivity index (χ3n) is 3.52. The summed E-state index contributed by atoms with van der Waals surface area (Å²) >= 11 is 0. The molecule has 7 heteroatoms. The van der Waals surface area contributed by atoms with Gasteiger partial charge >= 0.3 is 5.97 Å². The Kier molecular flexibility index (Phi) is 5.57. The second-order valence-electron chi connectivity index (χ2n) is 5.63. The quantitative estimate of drug-likeness (QED) is 0.807. The molecule has 24 heavy (non-hydrogen) atoms. The highest BCUT2D eigenvalue weighted by Crippen LogP contribution is 2.17. The summed E-state index contributed by atoms with van der Waals surface area (Å²) in [4.78, 5) is 22.6. The van der Waals surface area contributed by atoms with Gasteiger partial charge in [-0.25, -0.2) is 4.79 Å². The van der Waals surface area contributed by atoms with Crippen LogP contribution in [-0.2, 0) is 16.1 Å². The molecule has 0 aliphatic heterocycles. The van der Waals surface area contributed by atoms with Gasteiger partial charge in [0.05, 0.1) is 11.7 Å². The summed E-state index contributed by atoms with van der Waals surface area (Å²) in [6.45, 7) is 5.47. The van der Waals surface area contributed by atoms with Crippen LogP contribution in [0, 0.1) is 13.8 Å². The highest BCUT2D eigenvalue weighted by Gasteiger charge is 2.12. The van der Waals surface area contributed by atoms with Gasteiger partial charge in [0.2, 0.25) is 5.91 Å². The predicted molar refractivity (Wildman–Crippen MR) is 87.8 cm³/mol. The van der Waals surface area contributed by atoms with E-state index in [9.17, 15) is 9.59 Å². The summed E-state index contributed by atoms with van der Waals surface area (Å²) in [6.07, 6.45) is 0. The van der Waals surface area contributed by atoms with Crippen LogP contribution in [0.5, 0.6) is 5.75 Å². The number of ether oxygens (including phenoxy) is 1. The lowest BCUT2D eigenvalue weighted by Gasteiger charge is -2.15. The van der Waals surface area contributed by atoms with Crippen LogP contribution in [0.15, 0.2) is 30.3 Å². The van der Waals surface area contributed by atoms with Gasteiger partial charge in [0, 0.05) is 5.69 Å². The third kappa shape index (κ3) is 4.84. The molecule has 0 spiro atoms. The van der Waals surface area contributed by atoms with Crippen molar-refractivity contribution in [3.05, 3.63) is 47.3 Å². The highest BCUT2D eigenvalue weighted by molar-refractivity contribution is 5.76. The molecular formula is C17H21N3O4. The number of aliphatic carboxylic acids is 1. The molecule has 0 aliphatic carbocycles. The van der Waals surface area contributed by atoms with Gasteiger partial charge < -0.3 is 15.2 Å². The molecule has 0 fully saturated rings. The molecule has 2 aromatic rings. The zero-order chi connectivity index (χ0) is 17.7. The lowest BCUT2D eigenvalue weighted by Crippen LogP contribution is -2.30. The summed E-state index contributed by atoms with van der Waals surface area (Å²) in [6, 6.07) is 8.70. The van der Waals surface area contributed by atoms with Crippen molar-refractivity contribution < 1.29 is 19.4 Å². The summed E-state index contributed by atoms with van der Waals surface area (Å²) in [5, 5.41) is 15.8. The first-order valence-corrected chi connectivity index (χ1v) is 7.60. The monoisotopic (exact) mass is 331 g/mol. The van der Waals surface area contributed by atoms with E-state index in [4.69, 9.17) is 9.84 Å². The normalized spacial score (nSPS) is 11.8. The van der Waals surface area contributed by atoms with Gasteiger partial charge in [-0.15, -0.1) is 0 Å². The molecule has 2 N–H and O–H groups in total. The van der Waals surface area contributed by atoms with E-state index in [1.165, 1.54) is 0 Å². The Labute approximate surface area is 140 Å². The molecule has 0 aliphatic rings. The fourth-order valence-corrected chi connectivity index (χ4v) is 2.34. The van der Waals surface area contributed by atoms with Gasteiger partial charge in [0.25, 0.3) is 0 Å². The molecule has 128 valence electrons. The lowest BCUT2D eigenvalue weighted by molar-refractivity contribution is -0.139. The molecule has 0 saturated carbocycles. The maximum atomic E-state index is 12.1. The van der Waals surface area contributed by atoms with Crippen molar-refractivity contribution >= 4 is 11.9 Å². The first kappa shape index (κ1) is 17.5. The van der Waals surface area contributed by atoms with Gasteiger partial charge in [-0.3, -0.25) is 9.48 Å². The Morgan fingerprint density at radius 1 is 1.29 bits per heavy atom. The van der Waals surface area contributed by atoms with Crippen molar-refractivity contribution in [3.63, 3.8) is 0 Å². The van der Waals surface area contributed by atoms with E-state index in [2.05, 4.69) is 10.4 Å². The minimum atomic E-state index is -1.02. The molecule has 7 nitrogen and oxygen atoms in total. The second-order valence-corrected chi connectivity index (χ2v) is 5.63. The smallest absolute Gasteiger partial charge is 0.341 e. The van der Waals surface area contributed by atoms with E-state index in [1.807, 2.05) is 26.8 Å². The van der Waals surface area contributed by atoms with Crippen LogP contribution in [0.1, 0.15) is 29.9 Å². The van der Waals surface area contributed by atoms with Crippen LogP contribution < -0.4 is 10.1 Å². The number of aromatic nitrogens is 2. The number of nitrogens with one attached hydrogen (secondary N) is 1. The number of carboxylic acid groups (broad SMARTS) is 1. The zero-order valence-corrected chi connectivity index (χ0v) is 13.9. The molecule has 0 unspecified atom stereocenters. The Morgan fingerprint density at radius 2 is 1.96 bits per heavy atom. The molecular weight excluding hydrogens is 310 g/mol. The minimum Gasteiger partial charge on any atom is -0.482 e. The topological polar surface area (TPSA) is 93.5 Å². The van der Waals surface area contributed by atoms with E-state index in [1.54, 1.807) is 28.9 Å². The molecule has 1 aromatic heterocycles. The number of rotatable bonds is 7. The number of hydrogen-bond donors (Lipinski definition) is 2. The summed E-state index contributed by atoms with van der Waals surface area (Å²) < 4.78 is 6.75. The van der Waals surface area contributed by atoms with E-state index in [0.717, 1.165) is 17.0 Å². The van der Waals surface area contributed by atoms with Crippen molar-refractivity contribution in [1.29, 1.82) is 0 Å². The standard InChI is InChI=1S/C17H21N3O4/c1-11-8-12(2)20(19-11)9-16(21)18-13(3)14-4-6-15(7-5-14)24-10-17(22)23/h4-8,13H,9-10H2,1-3H3,(H,18,21)(H,22,23)/t13-/m0/s1. The molecule has 1 aromatic carbocycles. The predicted octanol–water partition coefficient (Wildman–Crippen LogP) is 1.84. The van der Waals surface area contributed by atoms with Crippen LogP contribution in [0.3, 0.4) is 0 Å². The maximum absolute atomic E-state index is 12.1. The molecule has 0 radical (unpaired) electrons. The van der Waals surface area contributed by atoms with Crippen molar-refractivity contribution in [1.82, 2.24) is 15.1 Å². The SMILES string of the molecule is Cc1cc(C)n(CC(=O)N[C@@H](C)c2ccc(OCC(=O)O)cc2)n1. The number of amides is 1. The molecule has 2 rings (SSSR count). The largest absolute Gasteiger partial charge is 0.482 e. The van der Waals surface area contributed by atoms with Gasteiger partial charge in [-0.2, -0.15) is 5.10 Å². The van der Waals surface area contributed by atoms with Crippen molar-refractivity contribution in [2.45, 2.75) is 33.4 Å². The van der Waals surface area contributed by atoms with Gasteiger partial charge in [-0.1, -0.05) is 12.1 Å².